The molecule has 0 spiro atoms. The van der Waals surface area contributed by atoms with Crippen LogP contribution in [0.4, 0.5) is 10.1 Å². The van der Waals surface area contributed by atoms with Crippen LogP contribution in [0.25, 0.3) is 0 Å². The smallest absolute Gasteiger partial charge is 0.123 e. The first-order chi connectivity index (χ1) is 9.28. The summed E-state index contributed by atoms with van der Waals surface area (Å²) in [6.07, 6.45) is 0. The lowest BCUT2D eigenvalue weighted by Gasteiger charge is -2.09. The van der Waals surface area contributed by atoms with E-state index in [2.05, 4.69) is 5.32 Å². The zero-order valence-electron chi connectivity index (χ0n) is 10.7. The van der Waals surface area contributed by atoms with E-state index in [1.54, 1.807) is 19.2 Å². The van der Waals surface area contributed by atoms with Crippen molar-refractivity contribution < 1.29 is 13.9 Å². The molecule has 2 aromatic carbocycles. The largest absolute Gasteiger partial charge is 0.497 e. The summed E-state index contributed by atoms with van der Waals surface area (Å²) in [5.74, 6) is 1.29. The van der Waals surface area contributed by atoms with Gasteiger partial charge in [0.05, 0.1) is 7.11 Å². The first kappa shape index (κ1) is 13.2. The van der Waals surface area contributed by atoms with Crippen molar-refractivity contribution in [1.29, 1.82) is 0 Å². The number of hydrogen-bond acceptors (Lipinski definition) is 3. The summed E-state index contributed by atoms with van der Waals surface area (Å²) in [5, 5.41) is 3.15. The second-order valence-electron chi connectivity index (χ2n) is 3.96. The zero-order chi connectivity index (χ0) is 13.5. The van der Waals surface area contributed by atoms with Crippen molar-refractivity contribution in [3.8, 4) is 11.5 Å². The molecule has 0 saturated heterocycles. The quantitative estimate of drug-likeness (QED) is 0.809. The monoisotopic (exact) mass is 261 g/mol. The summed E-state index contributed by atoms with van der Waals surface area (Å²) < 4.78 is 23.4. The summed E-state index contributed by atoms with van der Waals surface area (Å²) in [5.41, 5.74) is 0.871. The Hall–Kier alpha value is -2.23. The zero-order valence-corrected chi connectivity index (χ0v) is 10.7. The molecule has 4 heteroatoms. The molecule has 0 fully saturated rings. The van der Waals surface area contributed by atoms with Crippen molar-refractivity contribution in [3.63, 3.8) is 0 Å². The van der Waals surface area contributed by atoms with Crippen LogP contribution in [0, 0.1) is 5.82 Å². The minimum atomic E-state index is -0.238. The number of benzene rings is 2. The third kappa shape index (κ3) is 4.17. The molecule has 0 radical (unpaired) electrons. The van der Waals surface area contributed by atoms with Crippen LogP contribution >= 0.6 is 0 Å². The predicted molar refractivity (Wildman–Crippen MR) is 73.4 cm³/mol. The fraction of sp³-hybridized carbons (Fsp3) is 0.200. The maximum absolute atomic E-state index is 12.7. The molecular weight excluding hydrogens is 245 g/mol. The van der Waals surface area contributed by atoms with Crippen LogP contribution in [0.15, 0.2) is 48.5 Å². The molecule has 1 N–H and O–H groups in total. The van der Waals surface area contributed by atoms with Crippen LogP contribution in [0.3, 0.4) is 0 Å². The molecule has 0 aliphatic heterocycles. The number of ether oxygens (including phenoxy) is 2. The van der Waals surface area contributed by atoms with Crippen molar-refractivity contribution in [2.45, 2.75) is 0 Å². The molecule has 0 aliphatic rings. The number of halogens is 1. The Kier molecular flexibility index (Phi) is 4.61. The Labute approximate surface area is 112 Å². The summed E-state index contributed by atoms with van der Waals surface area (Å²) in [6.45, 7) is 1.16. The number of anilines is 1. The highest BCUT2D eigenvalue weighted by molar-refractivity contribution is 5.42. The van der Waals surface area contributed by atoms with Gasteiger partial charge in [-0.2, -0.15) is 0 Å². The van der Waals surface area contributed by atoms with Gasteiger partial charge in [-0.15, -0.1) is 0 Å². The normalized spacial score (nSPS) is 10.0. The van der Waals surface area contributed by atoms with Gasteiger partial charge in [0.1, 0.15) is 23.9 Å². The fourth-order valence-corrected chi connectivity index (χ4v) is 1.62. The van der Waals surface area contributed by atoms with Gasteiger partial charge in [-0.25, -0.2) is 4.39 Å². The van der Waals surface area contributed by atoms with Gasteiger partial charge in [-0.05, 0) is 36.4 Å². The maximum Gasteiger partial charge on any atom is 0.123 e. The lowest BCUT2D eigenvalue weighted by Crippen LogP contribution is -2.11. The van der Waals surface area contributed by atoms with Crippen molar-refractivity contribution in [2.24, 2.45) is 0 Å². The highest BCUT2D eigenvalue weighted by Crippen LogP contribution is 2.18. The molecule has 2 rings (SSSR count). The van der Waals surface area contributed by atoms with Crippen LogP contribution in [0.5, 0.6) is 11.5 Å². The van der Waals surface area contributed by atoms with E-state index in [0.717, 1.165) is 17.2 Å². The Morgan fingerprint density at radius 1 is 1.05 bits per heavy atom. The number of hydrogen-bond donors (Lipinski definition) is 1. The van der Waals surface area contributed by atoms with Crippen molar-refractivity contribution in [3.05, 3.63) is 54.3 Å². The average Bonchev–Trinajstić information content (AvgIpc) is 2.46. The average molecular weight is 261 g/mol. The Morgan fingerprint density at radius 3 is 2.53 bits per heavy atom. The second kappa shape index (κ2) is 6.64. The van der Waals surface area contributed by atoms with Crippen LogP contribution in [-0.4, -0.2) is 20.3 Å². The molecule has 0 bridgehead atoms. The molecule has 0 aliphatic carbocycles. The molecule has 19 heavy (non-hydrogen) atoms. The lowest BCUT2D eigenvalue weighted by atomic mass is 10.3. The maximum atomic E-state index is 12.7. The van der Waals surface area contributed by atoms with E-state index in [4.69, 9.17) is 9.47 Å². The SMILES string of the molecule is COc1cccc(OCCNc2ccc(F)cc2)c1. The van der Waals surface area contributed by atoms with Gasteiger partial charge in [-0.1, -0.05) is 6.07 Å². The summed E-state index contributed by atoms with van der Waals surface area (Å²) in [7, 11) is 1.62. The van der Waals surface area contributed by atoms with Crippen molar-refractivity contribution in [1.82, 2.24) is 0 Å². The molecule has 2 aromatic rings. The van der Waals surface area contributed by atoms with E-state index in [9.17, 15) is 4.39 Å². The van der Waals surface area contributed by atoms with Crippen LogP contribution < -0.4 is 14.8 Å². The second-order valence-corrected chi connectivity index (χ2v) is 3.96. The third-order valence-corrected chi connectivity index (χ3v) is 2.59. The van der Waals surface area contributed by atoms with E-state index in [1.165, 1.54) is 12.1 Å². The fourth-order valence-electron chi connectivity index (χ4n) is 1.62. The minimum Gasteiger partial charge on any atom is -0.497 e. The number of nitrogens with one attached hydrogen (secondary N) is 1. The summed E-state index contributed by atoms with van der Waals surface area (Å²) >= 11 is 0. The topological polar surface area (TPSA) is 30.5 Å². The molecule has 0 amide bonds. The molecule has 3 nitrogen and oxygen atoms in total. The van der Waals surface area contributed by atoms with Gasteiger partial charge >= 0.3 is 0 Å². The Bertz CT molecular complexity index is 514. The van der Waals surface area contributed by atoms with E-state index in [0.29, 0.717) is 13.2 Å². The van der Waals surface area contributed by atoms with E-state index >= 15 is 0 Å². The van der Waals surface area contributed by atoms with Gasteiger partial charge < -0.3 is 14.8 Å². The van der Waals surface area contributed by atoms with E-state index in [1.807, 2.05) is 24.3 Å². The summed E-state index contributed by atoms with van der Waals surface area (Å²) in [4.78, 5) is 0. The highest BCUT2D eigenvalue weighted by atomic mass is 19.1. The van der Waals surface area contributed by atoms with E-state index < -0.39 is 0 Å². The molecule has 100 valence electrons. The molecule has 0 atom stereocenters. The van der Waals surface area contributed by atoms with Gasteiger partial charge in [0.25, 0.3) is 0 Å². The van der Waals surface area contributed by atoms with Crippen LogP contribution in [-0.2, 0) is 0 Å². The molecule has 0 saturated carbocycles. The third-order valence-electron chi connectivity index (χ3n) is 2.59. The van der Waals surface area contributed by atoms with E-state index in [-0.39, 0.29) is 5.82 Å². The molecule has 0 aromatic heterocycles. The Morgan fingerprint density at radius 2 is 1.79 bits per heavy atom. The van der Waals surface area contributed by atoms with Gasteiger partial charge in [0.15, 0.2) is 0 Å². The van der Waals surface area contributed by atoms with Gasteiger partial charge in [0, 0.05) is 18.3 Å². The van der Waals surface area contributed by atoms with Crippen molar-refractivity contribution in [2.75, 3.05) is 25.6 Å². The van der Waals surface area contributed by atoms with Crippen molar-refractivity contribution >= 4 is 5.69 Å². The van der Waals surface area contributed by atoms with Crippen LogP contribution in [0.2, 0.25) is 0 Å². The predicted octanol–water partition coefficient (Wildman–Crippen LogP) is 3.33. The van der Waals surface area contributed by atoms with Gasteiger partial charge in [0.2, 0.25) is 0 Å². The van der Waals surface area contributed by atoms with Crippen LogP contribution in [0.1, 0.15) is 0 Å². The standard InChI is InChI=1S/C15H16FNO2/c1-18-14-3-2-4-15(11-14)19-10-9-17-13-7-5-12(16)6-8-13/h2-8,11,17H,9-10H2,1H3. The molecular formula is C15H16FNO2. The first-order valence-corrected chi connectivity index (χ1v) is 6.04. The first-order valence-electron chi connectivity index (χ1n) is 6.04. The lowest BCUT2D eigenvalue weighted by molar-refractivity contribution is 0.329. The number of rotatable bonds is 6. The summed E-state index contributed by atoms with van der Waals surface area (Å²) in [6, 6.07) is 13.7. The number of methoxy groups -OCH3 is 1. The molecule has 0 unspecified atom stereocenters. The van der Waals surface area contributed by atoms with Gasteiger partial charge in [-0.3, -0.25) is 0 Å². The molecule has 0 heterocycles. The Balaban J connectivity index is 1.75. The highest BCUT2D eigenvalue weighted by Gasteiger charge is 1.97. The minimum absolute atomic E-state index is 0.238.